The molecule has 0 saturated heterocycles. The van der Waals surface area contributed by atoms with Crippen molar-refractivity contribution >= 4 is 43.5 Å². The van der Waals surface area contributed by atoms with E-state index in [9.17, 15) is 0 Å². The second kappa shape index (κ2) is 11.9. The van der Waals surface area contributed by atoms with Crippen LogP contribution in [0.3, 0.4) is 0 Å². The number of hydrogen-bond donors (Lipinski definition) is 0. The zero-order valence-corrected chi connectivity index (χ0v) is 27.6. The van der Waals surface area contributed by atoms with E-state index >= 15 is 0 Å². The Hall–Kier alpha value is -6.84. The lowest BCUT2D eigenvalue weighted by Gasteiger charge is -2.16. The van der Waals surface area contributed by atoms with Crippen molar-refractivity contribution in [3.8, 4) is 56.2 Å². The van der Waals surface area contributed by atoms with E-state index in [1.807, 2.05) is 12.1 Å². The maximum atomic E-state index is 6.54. The normalized spacial score (nSPS) is 11.5. The van der Waals surface area contributed by atoms with Gasteiger partial charge in [-0.1, -0.05) is 158 Å². The molecule has 0 aliphatic rings. The summed E-state index contributed by atoms with van der Waals surface area (Å²) in [7, 11) is 0. The molecule has 10 aromatic rings. The first-order valence-corrected chi connectivity index (χ1v) is 17.2. The minimum atomic E-state index is 0.659. The number of nitrogens with zero attached hydrogens (tertiary/aromatic N) is 2. The number of hydrogen-bond acceptors (Lipinski definition) is 3. The van der Waals surface area contributed by atoms with Gasteiger partial charge in [0.15, 0.2) is 5.82 Å². The first kappa shape index (κ1) is 29.1. The molecule has 10 rings (SSSR count). The van der Waals surface area contributed by atoms with Crippen LogP contribution < -0.4 is 0 Å². The van der Waals surface area contributed by atoms with Crippen molar-refractivity contribution in [2.45, 2.75) is 0 Å². The van der Waals surface area contributed by atoms with Gasteiger partial charge < -0.3 is 4.42 Å². The third-order valence-corrected chi connectivity index (χ3v) is 9.92. The summed E-state index contributed by atoms with van der Waals surface area (Å²) < 4.78 is 6.54. The maximum Gasteiger partial charge on any atom is 0.161 e. The van der Waals surface area contributed by atoms with Crippen LogP contribution in [0.4, 0.5) is 0 Å². The topological polar surface area (TPSA) is 38.9 Å². The van der Waals surface area contributed by atoms with Crippen LogP contribution >= 0.6 is 0 Å². The van der Waals surface area contributed by atoms with Crippen LogP contribution in [0, 0.1) is 0 Å². The van der Waals surface area contributed by atoms with Gasteiger partial charge in [0.2, 0.25) is 0 Å². The average molecular weight is 651 g/mol. The SMILES string of the molecule is c1ccc(-c2ccccc2-c2cc(-c3cccc4c3oc3ccccc34)nc(-c3ccccc3-c3cc4ccccc4c4ccccc34)n2)cc1. The van der Waals surface area contributed by atoms with Crippen molar-refractivity contribution in [1.29, 1.82) is 0 Å². The lowest BCUT2D eigenvalue weighted by atomic mass is 9.90. The van der Waals surface area contributed by atoms with Crippen LogP contribution in [-0.2, 0) is 0 Å². The molecule has 0 fully saturated rings. The van der Waals surface area contributed by atoms with E-state index in [0.29, 0.717) is 5.82 Å². The molecule has 0 aliphatic carbocycles. The van der Waals surface area contributed by atoms with Crippen molar-refractivity contribution in [2.24, 2.45) is 0 Å². The Labute approximate surface area is 295 Å². The smallest absolute Gasteiger partial charge is 0.161 e. The number of furan rings is 1. The second-order valence-corrected chi connectivity index (χ2v) is 12.9. The van der Waals surface area contributed by atoms with Gasteiger partial charge >= 0.3 is 0 Å². The van der Waals surface area contributed by atoms with E-state index in [0.717, 1.165) is 72.3 Å². The third-order valence-electron chi connectivity index (χ3n) is 9.92. The van der Waals surface area contributed by atoms with E-state index < -0.39 is 0 Å². The van der Waals surface area contributed by atoms with Gasteiger partial charge in [0, 0.05) is 27.5 Å². The summed E-state index contributed by atoms with van der Waals surface area (Å²) in [6.45, 7) is 0. The van der Waals surface area contributed by atoms with Gasteiger partial charge in [-0.15, -0.1) is 0 Å². The molecule has 51 heavy (non-hydrogen) atoms. The molecule has 0 atom stereocenters. The van der Waals surface area contributed by atoms with E-state index in [1.165, 1.54) is 21.5 Å². The quantitative estimate of drug-likeness (QED) is 0.174. The van der Waals surface area contributed by atoms with Gasteiger partial charge in [-0.25, -0.2) is 9.97 Å². The van der Waals surface area contributed by atoms with E-state index in [-0.39, 0.29) is 0 Å². The summed E-state index contributed by atoms with van der Waals surface area (Å²) >= 11 is 0. The predicted molar refractivity (Wildman–Crippen MR) is 212 cm³/mol. The highest BCUT2D eigenvalue weighted by atomic mass is 16.3. The molecule has 3 nitrogen and oxygen atoms in total. The molecular weight excluding hydrogens is 621 g/mol. The van der Waals surface area contributed by atoms with Crippen LogP contribution in [0.5, 0.6) is 0 Å². The number of para-hydroxylation sites is 2. The van der Waals surface area contributed by atoms with Gasteiger partial charge in [0.05, 0.1) is 11.4 Å². The highest BCUT2D eigenvalue weighted by Gasteiger charge is 2.20. The first-order chi connectivity index (χ1) is 25.3. The highest BCUT2D eigenvalue weighted by molar-refractivity contribution is 6.15. The van der Waals surface area contributed by atoms with Crippen molar-refractivity contribution < 1.29 is 4.42 Å². The van der Waals surface area contributed by atoms with E-state index in [1.54, 1.807) is 0 Å². The Balaban J connectivity index is 1.26. The summed E-state index contributed by atoms with van der Waals surface area (Å²) in [5.74, 6) is 0.659. The van der Waals surface area contributed by atoms with Gasteiger partial charge in [-0.05, 0) is 68.1 Å². The van der Waals surface area contributed by atoms with Crippen LogP contribution in [0.15, 0.2) is 186 Å². The third kappa shape index (κ3) is 4.90. The molecule has 0 N–H and O–H groups in total. The maximum absolute atomic E-state index is 6.54. The zero-order valence-electron chi connectivity index (χ0n) is 27.6. The molecule has 238 valence electrons. The molecule has 0 amide bonds. The van der Waals surface area contributed by atoms with Gasteiger partial charge in [-0.2, -0.15) is 0 Å². The Kier molecular flexibility index (Phi) is 6.81. The Bertz CT molecular complexity index is 2920. The molecule has 2 aromatic heterocycles. The highest BCUT2D eigenvalue weighted by Crippen LogP contribution is 2.42. The van der Waals surface area contributed by atoms with E-state index in [2.05, 4.69) is 170 Å². The van der Waals surface area contributed by atoms with Crippen LogP contribution in [0.1, 0.15) is 0 Å². The molecule has 3 heteroatoms. The first-order valence-electron chi connectivity index (χ1n) is 17.2. The lowest BCUT2D eigenvalue weighted by Crippen LogP contribution is -1.99. The summed E-state index contributed by atoms with van der Waals surface area (Å²) in [5, 5.41) is 7.02. The molecule has 0 aliphatic heterocycles. The second-order valence-electron chi connectivity index (χ2n) is 12.9. The molecule has 8 aromatic carbocycles. The number of fused-ring (bicyclic) bond motifs is 6. The minimum absolute atomic E-state index is 0.659. The Morgan fingerprint density at radius 1 is 0.333 bits per heavy atom. The summed E-state index contributed by atoms with van der Waals surface area (Å²) in [4.78, 5) is 10.8. The van der Waals surface area contributed by atoms with Crippen LogP contribution in [0.25, 0.3) is 99.6 Å². The molecule has 0 bridgehead atoms. The predicted octanol–water partition coefficient (Wildman–Crippen LogP) is 13.0. The zero-order chi connectivity index (χ0) is 33.7. The molecule has 0 saturated carbocycles. The molecular formula is C48H30N2O. The molecule has 2 heterocycles. The lowest BCUT2D eigenvalue weighted by molar-refractivity contribution is 0.670. The minimum Gasteiger partial charge on any atom is -0.455 e. The monoisotopic (exact) mass is 650 g/mol. The number of benzene rings is 8. The van der Waals surface area contributed by atoms with Crippen molar-refractivity contribution in [1.82, 2.24) is 9.97 Å². The Morgan fingerprint density at radius 2 is 0.902 bits per heavy atom. The fraction of sp³-hybridized carbons (Fsp3) is 0. The van der Waals surface area contributed by atoms with Crippen molar-refractivity contribution in [3.05, 3.63) is 182 Å². The fourth-order valence-electron chi connectivity index (χ4n) is 7.56. The van der Waals surface area contributed by atoms with Crippen LogP contribution in [0.2, 0.25) is 0 Å². The largest absolute Gasteiger partial charge is 0.455 e. The molecule has 0 radical (unpaired) electrons. The number of aromatic nitrogens is 2. The summed E-state index contributed by atoms with van der Waals surface area (Å²) in [6.07, 6.45) is 0. The standard InChI is InChI=1S/C48H30N2O/c1-2-15-31(16-3-1)33-18-6-10-23-38(33)44-30-45(42-27-14-26-40-39-24-12-13-28-46(39)51-47(40)42)50-48(49-44)41-25-11-9-22-37(41)43-29-32-17-4-5-19-34(32)35-20-7-8-21-36(35)43/h1-30H. The summed E-state index contributed by atoms with van der Waals surface area (Å²) in [6, 6.07) is 63.7. The fourth-order valence-corrected chi connectivity index (χ4v) is 7.56. The van der Waals surface area contributed by atoms with Gasteiger partial charge in [0.1, 0.15) is 11.2 Å². The van der Waals surface area contributed by atoms with Crippen molar-refractivity contribution in [3.63, 3.8) is 0 Å². The average Bonchev–Trinajstić information content (AvgIpc) is 3.60. The molecule has 0 unspecified atom stereocenters. The summed E-state index contributed by atoms with van der Waals surface area (Å²) in [5.41, 5.74) is 10.8. The van der Waals surface area contributed by atoms with Gasteiger partial charge in [-0.3, -0.25) is 0 Å². The van der Waals surface area contributed by atoms with E-state index in [4.69, 9.17) is 14.4 Å². The van der Waals surface area contributed by atoms with Gasteiger partial charge in [0.25, 0.3) is 0 Å². The van der Waals surface area contributed by atoms with Crippen LogP contribution in [-0.4, -0.2) is 9.97 Å². The van der Waals surface area contributed by atoms with Crippen molar-refractivity contribution in [2.75, 3.05) is 0 Å². The Morgan fingerprint density at radius 3 is 1.73 bits per heavy atom. The molecule has 0 spiro atoms. The number of rotatable bonds is 5.